The molecule has 3 saturated carbocycles. The minimum Gasteiger partial charge on any atom is -0.313 e. The van der Waals surface area contributed by atoms with E-state index in [1.54, 1.807) is 5.56 Å². The van der Waals surface area contributed by atoms with Crippen molar-refractivity contribution in [1.82, 2.24) is 5.32 Å². The van der Waals surface area contributed by atoms with Crippen LogP contribution in [-0.2, 0) is 5.41 Å². The van der Waals surface area contributed by atoms with Crippen LogP contribution < -0.4 is 5.32 Å². The van der Waals surface area contributed by atoms with E-state index in [0.29, 0.717) is 10.8 Å². The van der Waals surface area contributed by atoms with Crippen molar-refractivity contribution in [2.45, 2.75) is 69.2 Å². The molecule has 0 bridgehead atoms. The fourth-order valence-corrected chi connectivity index (χ4v) is 4.89. The first-order valence-electron chi connectivity index (χ1n) is 8.59. The summed E-state index contributed by atoms with van der Waals surface area (Å²) in [5, 5.41) is 3.82. The zero-order valence-electron chi connectivity index (χ0n) is 12.5. The van der Waals surface area contributed by atoms with Crippen molar-refractivity contribution >= 4 is 0 Å². The van der Waals surface area contributed by atoms with Gasteiger partial charge in [0, 0.05) is 18.0 Å². The first-order valence-corrected chi connectivity index (χ1v) is 8.59. The van der Waals surface area contributed by atoms with Crippen LogP contribution in [0, 0.1) is 5.41 Å². The van der Waals surface area contributed by atoms with Gasteiger partial charge in [-0.25, -0.2) is 0 Å². The fraction of sp³-hybridized carbons (Fsp3) is 0.684. The Morgan fingerprint density at radius 2 is 1.65 bits per heavy atom. The van der Waals surface area contributed by atoms with E-state index in [2.05, 4.69) is 35.6 Å². The maximum Gasteiger partial charge on any atom is 0.00884 e. The molecule has 1 spiro atoms. The van der Waals surface area contributed by atoms with Gasteiger partial charge in [-0.1, -0.05) is 49.6 Å². The molecule has 0 amide bonds. The van der Waals surface area contributed by atoms with Gasteiger partial charge < -0.3 is 5.32 Å². The Hall–Kier alpha value is -0.820. The standard InChI is InChI=1S/C19H27N/c1-3-7-16(8-4-1)19(15-20-17-9-10-17)13-18(14-19)11-5-2-6-12-18/h1,3-4,7-8,17,20H,2,5-6,9-15H2. The Bertz CT molecular complexity index is 446. The van der Waals surface area contributed by atoms with E-state index < -0.39 is 0 Å². The van der Waals surface area contributed by atoms with Crippen LogP contribution >= 0.6 is 0 Å². The van der Waals surface area contributed by atoms with Gasteiger partial charge in [-0.2, -0.15) is 0 Å². The van der Waals surface area contributed by atoms with E-state index in [0.717, 1.165) is 6.04 Å². The molecular weight excluding hydrogens is 242 g/mol. The van der Waals surface area contributed by atoms with E-state index in [1.165, 1.54) is 64.3 Å². The zero-order chi connectivity index (χ0) is 13.5. The highest BCUT2D eigenvalue weighted by Gasteiger charge is 2.54. The Morgan fingerprint density at radius 3 is 2.30 bits per heavy atom. The van der Waals surface area contributed by atoms with Gasteiger partial charge in [0.2, 0.25) is 0 Å². The molecule has 1 aromatic carbocycles. The first-order chi connectivity index (χ1) is 9.80. The average Bonchev–Trinajstić information content (AvgIpc) is 3.29. The highest BCUT2D eigenvalue weighted by atomic mass is 15.0. The second-order valence-corrected chi connectivity index (χ2v) is 7.72. The highest BCUT2D eigenvalue weighted by molar-refractivity contribution is 5.31. The van der Waals surface area contributed by atoms with E-state index in [9.17, 15) is 0 Å². The molecule has 20 heavy (non-hydrogen) atoms. The molecule has 0 aliphatic heterocycles. The summed E-state index contributed by atoms with van der Waals surface area (Å²) in [5.74, 6) is 0. The molecule has 0 unspecified atom stereocenters. The van der Waals surface area contributed by atoms with E-state index in [4.69, 9.17) is 0 Å². The summed E-state index contributed by atoms with van der Waals surface area (Å²) in [7, 11) is 0. The van der Waals surface area contributed by atoms with Crippen molar-refractivity contribution in [2.24, 2.45) is 5.41 Å². The van der Waals surface area contributed by atoms with Crippen molar-refractivity contribution in [3.8, 4) is 0 Å². The molecule has 0 atom stereocenters. The minimum atomic E-state index is 0.446. The number of rotatable bonds is 4. The number of hydrogen-bond donors (Lipinski definition) is 1. The summed E-state index contributed by atoms with van der Waals surface area (Å²) in [6.07, 6.45) is 13.1. The van der Waals surface area contributed by atoms with Gasteiger partial charge in [0.15, 0.2) is 0 Å². The number of nitrogens with one attached hydrogen (secondary N) is 1. The van der Waals surface area contributed by atoms with E-state index in [-0.39, 0.29) is 0 Å². The molecule has 1 N–H and O–H groups in total. The quantitative estimate of drug-likeness (QED) is 0.853. The molecule has 1 aromatic rings. The molecule has 0 radical (unpaired) electrons. The van der Waals surface area contributed by atoms with E-state index in [1.807, 2.05) is 0 Å². The predicted octanol–water partition coefficient (Wildman–Crippen LogP) is 4.42. The van der Waals surface area contributed by atoms with Gasteiger partial charge >= 0.3 is 0 Å². The molecule has 1 nitrogen and oxygen atoms in total. The van der Waals surface area contributed by atoms with Crippen LogP contribution in [0.15, 0.2) is 30.3 Å². The second-order valence-electron chi connectivity index (χ2n) is 7.72. The third-order valence-electron chi connectivity index (χ3n) is 6.03. The van der Waals surface area contributed by atoms with Crippen LogP contribution in [0.1, 0.15) is 63.4 Å². The summed E-state index contributed by atoms with van der Waals surface area (Å²) in [5.41, 5.74) is 2.74. The second kappa shape index (κ2) is 4.87. The normalized spacial score (nSPS) is 27.2. The van der Waals surface area contributed by atoms with Gasteiger partial charge in [-0.3, -0.25) is 0 Å². The maximum absolute atomic E-state index is 3.82. The highest BCUT2D eigenvalue weighted by Crippen LogP contribution is 2.61. The number of benzene rings is 1. The molecule has 108 valence electrons. The lowest BCUT2D eigenvalue weighted by Gasteiger charge is -2.59. The van der Waals surface area contributed by atoms with Crippen LogP contribution in [0.25, 0.3) is 0 Å². The average molecular weight is 269 g/mol. The third kappa shape index (κ3) is 2.30. The number of hydrogen-bond acceptors (Lipinski definition) is 1. The van der Waals surface area contributed by atoms with Crippen molar-refractivity contribution in [3.63, 3.8) is 0 Å². The Labute approximate surface area is 123 Å². The largest absolute Gasteiger partial charge is 0.313 e. The lowest BCUT2D eigenvalue weighted by atomic mass is 9.46. The maximum atomic E-state index is 3.82. The Morgan fingerprint density at radius 1 is 0.950 bits per heavy atom. The molecular formula is C19H27N. The molecule has 1 heteroatoms. The van der Waals surface area contributed by atoms with Crippen LogP contribution in [0.3, 0.4) is 0 Å². The molecule has 0 heterocycles. The first kappa shape index (κ1) is 12.9. The minimum absolute atomic E-state index is 0.446. The summed E-state index contributed by atoms with van der Waals surface area (Å²) >= 11 is 0. The molecule has 3 fully saturated rings. The summed E-state index contributed by atoms with van der Waals surface area (Å²) < 4.78 is 0. The van der Waals surface area contributed by atoms with Crippen molar-refractivity contribution in [1.29, 1.82) is 0 Å². The Kier molecular flexibility index (Phi) is 3.14. The van der Waals surface area contributed by atoms with E-state index >= 15 is 0 Å². The summed E-state index contributed by atoms with van der Waals surface area (Å²) in [6.45, 7) is 1.21. The molecule has 0 saturated heterocycles. The van der Waals surface area contributed by atoms with Crippen LogP contribution in [0.5, 0.6) is 0 Å². The van der Waals surface area contributed by atoms with Gasteiger partial charge in [0.25, 0.3) is 0 Å². The van der Waals surface area contributed by atoms with Crippen molar-refractivity contribution < 1.29 is 0 Å². The summed E-state index contributed by atoms with van der Waals surface area (Å²) in [6, 6.07) is 12.2. The van der Waals surface area contributed by atoms with Crippen LogP contribution in [0.2, 0.25) is 0 Å². The summed E-state index contributed by atoms with van der Waals surface area (Å²) in [4.78, 5) is 0. The van der Waals surface area contributed by atoms with Crippen molar-refractivity contribution in [3.05, 3.63) is 35.9 Å². The molecule has 3 aliphatic carbocycles. The smallest absolute Gasteiger partial charge is 0.00884 e. The lowest BCUT2D eigenvalue weighted by molar-refractivity contribution is -0.0129. The van der Waals surface area contributed by atoms with Gasteiger partial charge in [-0.15, -0.1) is 0 Å². The van der Waals surface area contributed by atoms with Gasteiger partial charge in [-0.05, 0) is 49.5 Å². The monoisotopic (exact) mass is 269 g/mol. The van der Waals surface area contributed by atoms with Gasteiger partial charge in [0.1, 0.15) is 0 Å². The van der Waals surface area contributed by atoms with Crippen LogP contribution in [-0.4, -0.2) is 12.6 Å². The third-order valence-corrected chi connectivity index (χ3v) is 6.03. The fourth-order valence-electron chi connectivity index (χ4n) is 4.89. The molecule has 4 rings (SSSR count). The zero-order valence-corrected chi connectivity index (χ0v) is 12.5. The van der Waals surface area contributed by atoms with Crippen molar-refractivity contribution in [2.75, 3.05) is 6.54 Å². The topological polar surface area (TPSA) is 12.0 Å². The predicted molar refractivity (Wildman–Crippen MR) is 83.9 cm³/mol. The van der Waals surface area contributed by atoms with Gasteiger partial charge in [0.05, 0.1) is 0 Å². The SMILES string of the molecule is c1ccc(C2(CNC3CC3)CC3(CCCCC3)C2)cc1. The molecule has 3 aliphatic rings. The molecule has 0 aromatic heterocycles. The Balaban J connectivity index is 1.52. The van der Waals surface area contributed by atoms with Crippen LogP contribution in [0.4, 0.5) is 0 Å². The lowest BCUT2D eigenvalue weighted by Crippen LogP contribution is -2.55.